The largest absolute Gasteiger partial charge is 0.326 e. The van der Waals surface area contributed by atoms with Gasteiger partial charge < -0.3 is 5.32 Å². The third kappa shape index (κ3) is 4.27. The molecule has 0 saturated heterocycles. The maximum atomic E-state index is 12.2. The number of hydrogen-bond donors (Lipinski definition) is 1. The second kappa shape index (κ2) is 7.20. The van der Waals surface area contributed by atoms with Crippen molar-refractivity contribution in [1.29, 1.82) is 0 Å². The summed E-state index contributed by atoms with van der Waals surface area (Å²) in [5, 5.41) is 5.95. The number of hydrogen-bond acceptors (Lipinski definition) is 3. The number of nitrogens with one attached hydrogen (secondary N) is 1. The van der Waals surface area contributed by atoms with Crippen LogP contribution in [0, 0.1) is 6.92 Å². The van der Waals surface area contributed by atoms with Crippen LogP contribution in [0.4, 0.5) is 5.69 Å². The fraction of sp³-hybridized carbons (Fsp3) is 0.158. The number of thiazole rings is 1. The highest BCUT2D eigenvalue weighted by atomic mass is 32.1. The first kappa shape index (κ1) is 15.4. The van der Waals surface area contributed by atoms with Crippen molar-refractivity contribution < 1.29 is 4.79 Å². The van der Waals surface area contributed by atoms with Crippen LogP contribution >= 0.6 is 11.3 Å². The third-order valence-electron chi connectivity index (χ3n) is 3.56. The Morgan fingerprint density at radius 3 is 2.61 bits per heavy atom. The van der Waals surface area contributed by atoms with Crippen LogP contribution in [0.3, 0.4) is 0 Å². The number of aryl methyl sites for hydroxylation is 1. The van der Waals surface area contributed by atoms with Gasteiger partial charge in [0.05, 0.1) is 17.1 Å². The average molecular weight is 322 g/mol. The Bertz CT molecular complexity index is 796. The van der Waals surface area contributed by atoms with E-state index in [4.69, 9.17) is 0 Å². The zero-order valence-corrected chi connectivity index (χ0v) is 13.8. The molecule has 0 radical (unpaired) electrons. The van der Waals surface area contributed by atoms with Crippen LogP contribution in [-0.4, -0.2) is 10.9 Å². The van der Waals surface area contributed by atoms with E-state index in [1.807, 2.05) is 54.8 Å². The highest BCUT2D eigenvalue weighted by Crippen LogP contribution is 2.17. The summed E-state index contributed by atoms with van der Waals surface area (Å²) in [4.78, 5) is 16.7. The van der Waals surface area contributed by atoms with Crippen LogP contribution < -0.4 is 5.32 Å². The summed E-state index contributed by atoms with van der Waals surface area (Å²) in [6, 6.07) is 18.0. The van der Waals surface area contributed by atoms with Crippen LogP contribution in [0.1, 0.15) is 21.8 Å². The SMILES string of the molecule is Cc1ccccc1NC(=O)Cc1csc(Cc2ccccc2)n1. The average Bonchev–Trinajstić information content (AvgIpc) is 2.97. The lowest BCUT2D eigenvalue weighted by Gasteiger charge is -2.06. The summed E-state index contributed by atoms with van der Waals surface area (Å²) in [6.07, 6.45) is 1.12. The Labute approximate surface area is 140 Å². The van der Waals surface area contributed by atoms with Gasteiger partial charge in [-0.2, -0.15) is 0 Å². The van der Waals surface area contributed by atoms with Gasteiger partial charge in [0, 0.05) is 17.5 Å². The molecular formula is C19H18N2OS. The maximum Gasteiger partial charge on any atom is 0.230 e. The topological polar surface area (TPSA) is 42.0 Å². The van der Waals surface area contributed by atoms with E-state index in [1.54, 1.807) is 11.3 Å². The van der Waals surface area contributed by atoms with Crippen LogP contribution in [0.15, 0.2) is 60.0 Å². The lowest BCUT2D eigenvalue weighted by molar-refractivity contribution is -0.115. The molecule has 0 spiro atoms. The minimum atomic E-state index is -0.0316. The Morgan fingerprint density at radius 2 is 1.83 bits per heavy atom. The molecular weight excluding hydrogens is 304 g/mol. The number of aromatic nitrogens is 1. The molecule has 4 heteroatoms. The Balaban J connectivity index is 1.60. The predicted octanol–water partition coefficient (Wildman–Crippen LogP) is 4.22. The number of para-hydroxylation sites is 1. The van der Waals surface area contributed by atoms with Crippen LogP contribution in [0.25, 0.3) is 0 Å². The zero-order valence-electron chi connectivity index (χ0n) is 13.0. The highest BCUT2D eigenvalue weighted by Gasteiger charge is 2.09. The number of benzene rings is 2. The van der Waals surface area contributed by atoms with Crippen molar-refractivity contribution >= 4 is 22.9 Å². The second-order valence-electron chi connectivity index (χ2n) is 5.43. The molecule has 3 aromatic rings. The van der Waals surface area contributed by atoms with E-state index < -0.39 is 0 Å². The van der Waals surface area contributed by atoms with Gasteiger partial charge in [-0.1, -0.05) is 48.5 Å². The molecule has 0 unspecified atom stereocenters. The van der Waals surface area contributed by atoms with E-state index in [1.165, 1.54) is 5.56 Å². The third-order valence-corrected chi connectivity index (χ3v) is 4.46. The van der Waals surface area contributed by atoms with E-state index in [-0.39, 0.29) is 5.91 Å². The van der Waals surface area contributed by atoms with Crippen LogP contribution in [-0.2, 0) is 17.6 Å². The summed E-state index contributed by atoms with van der Waals surface area (Å²) >= 11 is 1.60. The maximum absolute atomic E-state index is 12.2. The van der Waals surface area contributed by atoms with E-state index in [0.29, 0.717) is 6.42 Å². The van der Waals surface area contributed by atoms with Crippen molar-refractivity contribution in [3.63, 3.8) is 0 Å². The van der Waals surface area contributed by atoms with Gasteiger partial charge in [0.2, 0.25) is 5.91 Å². The Kier molecular flexibility index (Phi) is 4.83. The molecule has 116 valence electrons. The highest BCUT2D eigenvalue weighted by molar-refractivity contribution is 7.09. The van der Waals surface area contributed by atoms with E-state index in [0.717, 1.165) is 28.4 Å². The summed E-state index contributed by atoms with van der Waals surface area (Å²) < 4.78 is 0. The molecule has 0 aliphatic rings. The van der Waals surface area contributed by atoms with Gasteiger partial charge >= 0.3 is 0 Å². The zero-order chi connectivity index (χ0) is 16.1. The molecule has 23 heavy (non-hydrogen) atoms. The van der Waals surface area contributed by atoms with E-state index in [2.05, 4.69) is 22.4 Å². The number of nitrogens with zero attached hydrogens (tertiary/aromatic N) is 1. The molecule has 3 nitrogen and oxygen atoms in total. The molecule has 0 aliphatic heterocycles. The van der Waals surface area contributed by atoms with Gasteiger partial charge in [0.25, 0.3) is 0 Å². The van der Waals surface area contributed by atoms with Crippen molar-refractivity contribution in [2.24, 2.45) is 0 Å². The summed E-state index contributed by atoms with van der Waals surface area (Å²) in [5.41, 5.74) is 3.98. The first-order valence-corrected chi connectivity index (χ1v) is 8.41. The van der Waals surface area contributed by atoms with Gasteiger partial charge in [-0.25, -0.2) is 4.98 Å². The first-order valence-electron chi connectivity index (χ1n) is 7.53. The normalized spacial score (nSPS) is 10.5. The van der Waals surface area contributed by atoms with Gasteiger partial charge in [0.15, 0.2) is 0 Å². The molecule has 1 aromatic heterocycles. The number of amides is 1. The van der Waals surface area contributed by atoms with Crippen molar-refractivity contribution in [2.45, 2.75) is 19.8 Å². The molecule has 0 bridgehead atoms. The fourth-order valence-electron chi connectivity index (χ4n) is 2.35. The van der Waals surface area contributed by atoms with Gasteiger partial charge in [0.1, 0.15) is 0 Å². The molecule has 0 aliphatic carbocycles. The predicted molar refractivity (Wildman–Crippen MR) is 94.9 cm³/mol. The lowest BCUT2D eigenvalue weighted by atomic mass is 10.2. The summed E-state index contributed by atoms with van der Waals surface area (Å²) in [7, 11) is 0. The second-order valence-corrected chi connectivity index (χ2v) is 6.38. The van der Waals surface area contributed by atoms with Crippen molar-refractivity contribution in [2.75, 3.05) is 5.32 Å². The quantitative estimate of drug-likeness (QED) is 0.764. The first-order chi connectivity index (χ1) is 11.2. The molecule has 2 aromatic carbocycles. The number of anilines is 1. The Morgan fingerprint density at radius 1 is 1.09 bits per heavy atom. The Hall–Kier alpha value is -2.46. The van der Waals surface area contributed by atoms with Crippen LogP contribution in [0.5, 0.6) is 0 Å². The minimum absolute atomic E-state index is 0.0316. The number of carbonyl (C=O) groups is 1. The van der Waals surface area contributed by atoms with Gasteiger partial charge in [-0.05, 0) is 24.1 Å². The van der Waals surface area contributed by atoms with Crippen LogP contribution in [0.2, 0.25) is 0 Å². The van der Waals surface area contributed by atoms with Crippen molar-refractivity contribution in [3.8, 4) is 0 Å². The lowest BCUT2D eigenvalue weighted by Crippen LogP contribution is -2.15. The minimum Gasteiger partial charge on any atom is -0.326 e. The molecule has 1 amide bonds. The van der Waals surface area contributed by atoms with Crippen molar-refractivity contribution in [1.82, 2.24) is 4.98 Å². The molecule has 1 heterocycles. The smallest absolute Gasteiger partial charge is 0.230 e. The monoisotopic (exact) mass is 322 g/mol. The standard InChI is InChI=1S/C19H18N2OS/c1-14-7-5-6-10-17(14)21-18(22)12-16-13-23-19(20-16)11-15-8-3-2-4-9-15/h2-10,13H,11-12H2,1H3,(H,21,22). The van der Waals surface area contributed by atoms with Crippen molar-refractivity contribution in [3.05, 3.63) is 81.8 Å². The molecule has 0 atom stereocenters. The summed E-state index contributed by atoms with van der Waals surface area (Å²) in [6.45, 7) is 1.98. The van der Waals surface area contributed by atoms with E-state index in [9.17, 15) is 4.79 Å². The molecule has 1 N–H and O–H groups in total. The molecule has 0 fully saturated rings. The molecule has 3 rings (SSSR count). The molecule has 0 saturated carbocycles. The van der Waals surface area contributed by atoms with Gasteiger partial charge in [-0.3, -0.25) is 4.79 Å². The summed E-state index contributed by atoms with van der Waals surface area (Å²) in [5.74, 6) is -0.0316. The number of rotatable bonds is 5. The number of carbonyl (C=O) groups excluding carboxylic acids is 1. The van der Waals surface area contributed by atoms with Gasteiger partial charge in [-0.15, -0.1) is 11.3 Å². The fourth-order valence-corrected chi connectivity index (χ4v) is 3.18. The van der Waals surface area contributed by atoms with E-state index >= 15 is 0 Å².